The number of carbonyl (C=O) groups excluding carboxylic acids is 2. The lowest BCUT2D eigenvalue weighted by atomic mass is 9.96. The number of carbonyl (C=O) groups is 2. The molecule has 0 fully saturated rings. The second-order valence-corrected chi connectivity index (χ2v) is 5.87. The number of anilines is 1. The Hall–Kier alpha value is -2.73. The molecule has 0 aliphatic heterocycles. The number of nitrogens with one attached hydrogen (secondary N) is 1. The van der Waals surface area contributed by atoms with Crippen LogP contribution in [0.15, 0.2) is 58.7 Å². The molecule has 1 aromatic carbocycles. The zero-order valence-corrected chi connectivity index (χ0v) is 13.2. The van der Waals surface area contributed by atoms with Gasteiger partial charge in [-0.15, -0.1) is 11.3 Å². The Morgan fingerprint density at radius 2 is 2.13 bits per heavy atom. The van der Waals surface area contributed by atoms with E-state index < -0.39 is 5.92 Å². The van der Waals surface area contributed by atoms with Crippen LogP contribution in [0.4, 0.5) is 5.13 Å². The second kappa shape index (κ2) is 6.58. The summed E-state index contributed by atoms with van der Waals surface area (Å²) in [6, 6.07) is 10.3. The summed E-state index contributed by atoms with van der Waals surface area (Å²) >= 11 is 1.36. The number of furan rings is 1. The van der Waals surface area contributed by atoms with Gasteiger partial charge in [-0.3, -0.25) is 9.59 Å². The monoisotopic (exact) mass is 326 g/mol. The third kappa shape index (κ3) is 3.37. The van der Waals surface area contributed by atoms with Crippen molar-refractivity contribution in [1.82, 2.24) is 4.98 Å². The third-order valence-corrected chi connectivity index (χ3v) is 4.14. The van der Waals surface area contributed by atoms with Gasteiger partial charge in [0.25, 0.3) is 0 Å². The molecule has 0 spiro atoms. The first-order valence-corrected chi connectivity index (χ1v) is 7.91. The molecule has 2 heterocycles. The summed E-state index contributed by atoms with van der Waals surface area (Å²) in [6.07, 6.45) is 3.09. The molecule has 3 aromatic rings. The number of nitrogens with zero attached hydrogens (tertiary/aromatic N) is 1. The fourth-order valence-corrected chi connectivity index (χ4v) is 2.68. The highest BCUT2D eigenvalue weighted by molar-refractivity contribution is 7.13. The van der Waals surface area contributed by atoms with Crippen molar-refractivity contribution in [2.75, 3.05) is 5.32 Å². The zero-order chi connectivity index (χ0) is 16.2. The van der Waals surface area contributed by atoms with Crippen LogP contribution in [0.3, 0.4) is 0 Å². The van der Waals surface area contributed by atoms with Gasteiger partial charge in [0, 0.05) is 17.1 Å². The Kier molecular flexibility index (Phi) is 4.34. The quantitative estimate of drug-likeness (QED) is 0.726. The minimum Gasteiger partial charge on any atom is -0.461 e. The van der Waals surface area contributed by atoms with E-state index in [0.717, 1.165) is 5.56 Å². The van der Waals surface area contributed by atoms with Gasteiger partial charge in [0.2, 0.25) is 11.7 Å². The molecule has 0 aliphatic carbocycles. The van der Waals surface area contributed by atoms with Crippen LogP contribution in [0.2, 0.25) is 0 Å². The normalized spacial score (nSPS) is 11.9. The molecular formula is C17H14N2O3S. The molecule has 0 saturated heterocycles. The summed E-state index contributed by atoms with van der Waals surface area (Å²) in [7, 11) is 0. The third-order valence-electron chi connectivity index (χ3n) is 3.45. The van der Waals surface area contributed by atoms with Crippen LogP contribution in [0.5, 0.6) is 0 Å². The summed E-state index contributed by atoms with van der Waals surface area (Å²) in [6.45, 7) is 1.79. The van der Waals surface area contributed by atoms with Gasteiger partial charge in [-0.2, -0.15) is 0 Å². The molecule has 116 valence electrons. The molecule has 0 aliphatic rings. The van der Waals surface area contributed by atoms with E-state index in [1.165, 1.54) is 17.6 Å². The van der Waals surface area contributed by atoms with Crippen molar-refractivity contribution in [3.8, 4) is 0 Å². The summed E-state index contributed by atoms with van der Waals surface area (Å²) < 4.78 is 5.13. The Bertz CT molecular complexity index is 810. The Labute approximate surface area is 137 Å². The van der Waals surface area contributed by atoms with E-state index in [1.807, 2.05) is 6.07 Å². The molecule has 0 bridgehead atoms. The minimum atomic E-state index is -0.400. The van der Waals surface area contributed by atoms with Crippen LogP contribution < -0.4 is 5.32 Å². The second-order valence-electron chi connectivity index (χ2n) is 4.98. The van der Waals surface area contributed by atoms with Crippen molar-refractivity contribution in [3.63, 3.8) is 0 Å². The van der Waals surface area contributed by atoms with Crippen molar-refractivity contribution in [1.29, 1.82) is 0 Å². The average molecular weight is 326 g/mol. The van der Waals surface area contributed by atoms with Gasteiger partial charge in [0.1, 0.15) is 0 Å². The van der Waals surface area contributed by atoms with Crippen LogP contribution in [0.25, 0.3) is 0 Å². The number of aromatic nitrogens is 1. The van der Waals surface area contributed by atoms with Crippen molar-refractivity contribution >= 4 is 28.2 Å². The maximum Gasteiger partial charge on any atom is 0.233 e. The van der Waals surface area contributed by atoms with Crippen LogP contribution in [0, 0.1) is 0 Å². The smallest absolute Gasteiger partial charge is 0.233 e. The molecule has 0 unspecified atom stereocenters. The number of benzene rings is 1. The van der Waals surface area contributed by atoms with E-state index in [0.29, 0.717) is 10.7 Å². The Morgan fingerprint density at radius 3 is 2.83 bits per heavy atom. The number of amides is 1. The van der Waals surface area contributed by atoms with E-state index in [4.69, 9.17) is 4.42 Å². The van der Waals surface area contributed by atoms with E-state index in [9.17, 15) is 9.59 Å². The van der Waals surface area contributed by atoms with Gasteiger partial charge in [-0.1, -0.05) is 18.2 Å². The molecular weight excluding hydrogens is 312 g/mol. The lowest BCUT2D eigenvalue weighted by Gasteiger charge is -2.12. The fourth-order valence-electron chi connectivity index (χ4n) is 2.15. The Morgan fingerprint density at radius 1 is 1.26 bits per heavy atom. The summed E-state index contributed by atoms with van der Waals surface area (Å²) in [5.41, 5.74) is 1.25. The number of hydrogen-bond acceptors (Lipinski definition) is 5. The zero-order valence-electron chi connectivity index (χ0n) is 12.4. The summed E-state index contributed by atoms with van der Waals surface area (Å²) in [4.78, 5) is 28.6. The van der Waals surface area contributed by atoms with E-state index >= 15 is 0 Å². The molecule has 0 saturated carbocycles. The van der Waals surface area contributed by atoms with Gasteiger partial charge in [-0.25, -0.2) is 4.98 Å². The molecule has 23 heavy (non-hydrogen) atoms. The van der Waals surface area contributed by atoms with Gasteiger partial charge in [0.15, 0.2) is 10.9 Å². The largest absolute Gasteiger partial charge is 0.461 e. The maximum absolute atomic E-state index is 12.3. The first-order valence-electron chi connectivity index (χ1n) is 7.03. The first-order chi connectivity index (χ1) is 11.1. The van der Waals surface area contributed by atoms with Crippen molar-refractivity contribution < 1.29 is 14.0 Å². The van der Waals surface area contributed by atoms with E-state index in [1.54, 1.807) is 48.8 Å². The average Bonchev–Trinajstić information content (AvgIpc) is 3.27. The van der Waals surface area contributed by atoms with Crippen molar-refractivity contribution in [2.45, 2.75) is 12.8 Å². The molecule has 6 heteroatoms. The molecule has 1 atom stereocenters. The standard InChI is InChI=1S/C17H14N2O3S/c1-11(16(21)19-17-18-7-9-23-17)12-4-2-5-13(10-12)15(20)14-6-3-8-22-14/h2-11H,1H3,(H,18,19,21)/t11-/m1/s1. The predicted octanol–water partition coefficient (Wildman–Crippen LogP) is 3.71. The molecule has 0 radical (unpaired) electrons. The highest BCUT2D eigenvalue weighted by Crippen LogP contribution is 2.21. The highest BCUT2D eigenvalue weighted by atomic mass is 32.1. The van der Waals surface area contributed by atoms with E-state index in [2.05, 4.69) is 10.3 Å². The van der Waals surface area contributed by atoms with Crippen molar-refractivity contribution in [2.24, 2.45) is 0 Å². The predicted molar refractivity (Wildman–Crippen MR) is 87.7 cm³/mol. The van der Waals surface area contributed by atoms with Crippen molar-refractivity contribution in [3.05, 3.63) is 71.1 Å². The number of hydrogen-bond donors (Lipinski definition) is 1. The number of thiazole rings is 1. The number of ketones is 1. The number of rotatable bonds is 5. The SMILES string of the molecule is C[C@@H](C(=O)Nc1nccs1)c1cccc(C(=O)c2ccco2)c1. The maximum atomic E-state index is 12.3. The summed E-state index contributed by atoms with van der Waals surface area (Å²) in [5, 5.41) is 5.12. The first kappa shape index (κ1) is 15.2. The fraction of sp³-hybridized carbons (Fsp3) is 0.118. The minimum absolute atomic E-state index is 0.164. The Balaban J connectivity index is 1.79. The van der Waals surface area contributed by atoms with Gasteiger partial charge < -0.3 is 9.73 Å². The van der Waals surface area contributed by atoms with Crippen LogP contribution >= 0.6 is 11.3 Å². The lowest BCUT2D eigenvalue weighted by molar-refractivity contribution is -0.117. The molecule has 1 amide bonds. The van der Waals surface area contributed by atoms with Gasteiger partial charge in [-0.05, 0) is 30.7 Å². The van der Waals surface area contributed by atoms with Crippen LogP contribution in [-0.2, 0) is 4.79 Å². The molecule has 2 aromatic heterocycles. The van der Waals surface area contributed by atoms with Gasteiger partial charge >= 0.3 is 0 Å². The van der Waals surface area contributed by atoms with Crippen LogP contribution in [-0.4, -0.2) is 16.7 Å². The molecule has 5 nitrogen and oxygen atoms in total. The summed E-state index contributed by atoms with van der Waals surface area (Å²) in [5.74, 6) is -0.489. The van der Waals surface area contributed by atoms with Crippen LogP contribution in [0.1, 0.15) is 34.5 Å². The highest BCUT2D eigenvalue weighted by Gasteiger charge is 2.19. The molecule has 3 rings (SSSR count). The van der Waals surface area contributed by atoms with E-state index in [-0.39, 0.29) is 17.5 Å². The van der Waals surface area contributed by atoms with Gasteiger partial charge in [0.05, 0.1) is 12.2 Å². The molecule has 1 N–H and O–H groups in total. The topological polar surface area (TPSA) is 72.2 Å². The lowest BCUT2D eigenvalue weighted by Crippen LogP contribution is -2.19.